The highest BCUT2D eigenvalue weighted by molar-refractivity contribution is 7.71. The van der Waals surface area contributed by atoms with Crippen molar-refractivity contribution in [1.29, 1.82) is 5.41 Å². The van der Waals surface area contributed by atoms with E-state index in [1.807, 2.05) is 43.4 Å². The standard InChI is InChI=1S/C31H33N7O4S/c1-33-10-11-34-29(39)19-6-4-18(5-7-19)20-8-9-23-21(14-20)15-25(36-23)30(40)35-12-13-38-28(32)22-16-26(41-2)27(42-3)17-24(22)37-31(38)43/h4-9,14-17,32-33,36H,10-13H2,1-3H3,(H,34,39)(H,35,40)(H,37,43). The van der Waals surface area contributed by atoms with E-state index in [1.54, 1.807) is 43.1 Å². The Morgan fingerprint density at radius 2 is 1.53 bits per heavy atom. The van der Waals surface area contributed by atoms with Gasteiger partial charge in [-0.15, -0.1) is 0 Å². The minimum atomic E-state index is -0.263. The number of H-pyrrole nitrogens is 2. The van der Waals surface area contributed by atoms with Gasteiger partial charge in [0, 0.05) is 54.1 Å². The van der Waals surface area contributed by atoms with E-state index < -0.39 is 0 Å². The summed E-state index contributed by atoms with van der Waals surface area (Å²) in [6.07, 6.45) is 0. The van der Waals surface area contributed by atoms with Gasteiger partial charge in [-0.1, -0.05) is 18.2 Å². The molecule has 0 saturated carbocycles. The van der Waals surface area contributed by atoms with E-state index >= 15 is 0 Å². The molecule has 6 N–H and O–H groups in total. The molecule has 0 unspecified atom stereocenters. The Morgan fingerprint density at radius 1 is 0.837 bits per heavy atom. The molecule has 43 heavy (non-hydrogen) atoms. The molecule has 12 heteroatoms. The Bertz CT molecular complexity index is 1930. The molecule has 0 aliphatic heterocycles. The second-order valence-corrected chi connectivity index (χ2v) is 10.2. The quantitative estimate of drug-likeness (QED) is 0.101. The molecule has 2 amide bonds. The first-order valence-corrected chi connectivity index (χ1v) is 14.1. The first-order valence-electron chi connectivity index (χ1n) is 13.7. The normalized spacial score (nSPS) is 11.0. The number of aromatic nitrogens is 3. The number of hydrogen-bond acceptors (Lipinski definition) is 7. The molecule has 0 radical (unpaired) electrons. The average Bonchev–Trinajstić information content (AvgIpc) is 3.46. The van der Waals surface area contributed by atoms with E-state index in [4.69, 9.17) is 27.1 Å². The Morgan fingerprint density at radius 3 is 2.26 bits per heavy atom. The zero-order valence-corrected chi connectivity index (χ0v) is 24.9. The molecule has 2 aromatic heterocycles. The Hall–Kier alpha value is -4.94. The molecule has 2 heterocycles. The first-order chi connectivity index (χ1) is 20.8. The molecular weight excluding hydrogens is 566 g/mol. The molecule has 0 spiro atoms. The van der Waals surface area contributed by atoms with Crippen LogP contribution in [0.1, 0.15) is 20.8 Å². The van der Waals surface area contributed by atoms with Crippen molar-refractivity contribution in [2.75, 3.05) is 40.9 Å². The van der Waals surface area contributed by atoms with Gasteiger partial charge in [0.25, 0.3) is 11.8 Å². The Balaban J connectivity index is 1.26. The van der Waals surface area contributed by atoms with Gasteiger partial charge in [-0.05, 0) is 66.8 Å². The third kappa shape index (κ3) is 6.30. The summed E-state index contributed by atoms with van der Waals surface area (Å²) < 4.78 is 12.7. The Labute approximate surface area is 252 Å². The van der Waals surface area contributed by atoms with E-state index in [0.717, 1.165) is 22.0 Å². The monoisotopic (exact) mass is 599 g/mol. The van der Waals surface area contributed by atoms with Crippen LogP contribution in [0.4, 0.5) is 0 Å². The number of likely N-dealkylation sites (N-methyl/N-ethyl adjacent to an activating group) is 1. The fourth-order valence-electron chi connectivity index (χ4n) is 4.85. The van der Waals surface area contributed by atoms with Crippen LogP contribution in [0.2, 0.25) is 0 Å². The van der Waals surface area contributed by atoms with Crippen molar-refractivity contribution in [3.63, 3.8) is 0 Å². The molecule has 0 atom stereocenters. The van der Waals surface area contributed by atoms with Gasteiger partial charge in [-0.25, -0.2) is 0 Å². The van der Waals surface area contributed by atoms with Crippen LogP contribution in [0.5, 0.6) is 11.5 Å². The summed E-state index contributed by atoms with van der Waals surface area (Å²) in [5.74, 6) is 0.671. The molecule has 5 rings (SSSR count). The Kier molecular flexibility index (Phi) is 8.88. The van der Waals surface area contributed by atoms with Gasteiger partial charge in [-0.2, -0.15) is 0 Å². The number of ether oxygens (including phenoxy) is 2. The van der Waals surface area contributed by atoms with Gasteiger partial charge in [0.1, 0.15) is 11.2 Å². The van der Waals surface area contributed by atoms with Gasteiger partial charge >= 0.3 is 0 Å². The van der Waals surface area contributed by atoms with Gasteiger partial charge < -0.3 is 40.0 Å². The topological polar surface area (TPSA) is 149 Å². The van der Waals surface area contributed by atoms with Crippen molar-refractivity contribution in [2.24, 2.45) is 0 Å². The summed E-state index contributed by atoms with van der Waals surface area (Å²) in [5.41, 5.74) is 4.66. The van der Waals surface area contributed by atoms with Crippen molar-refractivity contribution in [3.8, 4) is 22.6 Å². The average molecular weight is 600 g/mol. The lowest BCUT2D eigenvalue weighted by atomic mass is 10.0. The smallest absolute Gasteiger partial charge is 0.267 e. The van der Waals surface area contributed by atoms with E-state index in [2.05, 4.69) is 25.9 Å². The number of carbonyl (C=O) groups is 2. The van der Waals surface area contributed by atoms with Crippen molar-refractivity contribution in [1.82, 2.24) is 30.5 Å². The molecular formula is C31H33N7O4S. The molecule has 0 aliphatic rings. The van der Waals surface area contributed by atoms with Crippen molar-refractivity contribution < 1.29 is 19.1 Å². The zero-order chi connectivity index (χ0) is 30.5. The number of fused-ring (bicyclic) bond motifs is 2. The van der Waals surface area contributed by atoms with Crippen molar-refractivity contribution in [2.45, 2.75) is 6.54 Å². The number of rotatable bonds is 11. The van der Waals surface area contributed by atoms with Gasteiger partial charge in [0.2, 0.25) is 0 Å². The first kappa shape index (κ1) is 29.5. The van der Waals surface area contributed by atoms with E-state index in [9.17, 15) is 9.59 Å². The molecule has 0 saturated heterocycles. The van der Waals surface area contributed by atoms with Crippen LogP contribution < -0.4 is 30.9 Å². The SMILES string of the molecule is CNCCNC(=O)c1ccc(-c2ccc3[nH]c(C(=O)NCCn4c(=S)[nH]c5cc(OC)c(OC)cc5c4=N)cc3c2)cc1. The van der Waals surface area contributed by atoms with Gasteiger partial charge in [0.05, 0.1) is 19.7 Å². The lowest BCUT2D eigenvalue weighted by molar-refractivity contribution is 0.0942. The lowest BCUT2D eigenvalue weighted by Crippen LogP contribution is -2.32. The number of nitrogens with zero attached hydrogens (tertiary/aromatic N) is 1. The highest BCUT2D eigenvalue weighted by atomic mass is 32.1. The van der Waals surface area contributed by atoms with Gasteiger partial charge in [-0.3, -0.25) is 15.0 Å². The minimum Gasteiger partial charge on any atom is -0.493 e. The summed E-state index contributed by atoms with van der Waals surface area (Å²) in [7, 11) is 4.93. The fourth-order valence-corrected chi connectivity index (χ4v) is 5.14. The number of nitrogens with one attached hydrogen (secondary N) is 6. The molecule has 0 bridgehead atoms. The number of aromatic amines is 2. The minimum absolute atomic E-state index is 0.112. The maximum atomic E-state index is 13.0. The van der Waals surface area contributed by atoms with Crippen LogP contribution in [0.15, 0.2) is 60.7 Å². The van der Waals surface area contributed by atoms with Crippen LogP contribution in [0.25, 0.3) is 32.9 Å². The summed E-state index contributed by atoms with van der Waals surface area (Å²) in [5, 5.41) is 19.0. The van der Waals surface area contributed by atoms with E-state index in [0.29, 0.717) is 58.1 Å². The number of methoxy groups -OCH3 is 2. The third-order valence-corrected chi connectivity index (χ3v) is 7.49. The zero-order valence-electron chi connectivity index (χ0n) is 24.1. The lowest BCUT2D eigenvalue weighted by Gasteiger charge is -2.13. The highest BCUT2D eigenvalue weighted by Crippen LogP contribution is 2.30. The predicted octanol–water partition coefficient (Wildman–Crippen LogP) is 3.72. The summed E-state index contributed by atoms with van der Waals surface area (Å²) >= 11 is 5.49. The molecule has 5 aromatic rings. The van der Waals surface area contributed by atoms with E-state index in [-0.39, 0.29) is 23.8 Å². The number of benzene rings is 3. The number of amides is 2. The van der Waals surface area contributed by atoms with Crippen LogP contribution >= 0.6 is 12.2 Å². The van der Waals surface area contributed by atoms with Crippen molar-refractivity contribution >= 4 is 45.8 Å². The maximum absolute atomic E-state index is 13.0. The second kappa shape index (κ2) is 12.9. The molecule has 11 nitrogen and oxygen atoms in total. The third-order valence-electron chi connectivity index (χ3n) is 7.16. The number of carbonyl (C=O) groups excluding carboxylic acids is 2. The van der Waals surface area contributed by atoms with Crippen LogP contribution in [0, 0.1) is 10.2 Å². The molecule has 222 valence electrons. The van der Waals surface area contributed by atoms with Crippen molar-refractivity contribution in [3.05, 3.63) is 82.2 Å². The summed E-state index contributed by atoms with van der Waals surface area (Å²) in [6, 6.07) is 18.6. The van der Waals surface area contributed by atoms with Crippen LogP contribution in [-0.4, -0.2) is 67.3 Å². The predicted molar refractivity (Wildman–Crippen MR) is 168 cm³/mol. The second-order valence-electron chi connectivity index (χ2n) is 9.86. The molecule has 3 aromatic carbocycles. The van der Waals surface area contributed by atoms with Crippen LogP contribution in [0.3, 0.4) is 0 Å². The largest absolute Gasteiger partial charge is 0.493 e. The summed E-state index contributed by atoms with van der Waals surface area (Å²) in [4.78, 5) is 31.6. The van der Waals surface area contributed by atoms with Crippen LogP contribution in [-0.2, 0) is 6.54 Å². The summed E-state index contributed by atoms with van der Waals surface area (Å²) in [6.45, 7) is 1.83. The maximum Gasteiger partial charge on any atom is 0.267 e. The van der Waals surface area contributed by atoms with E-state index in [1.165, 1.54) is 0 Å². The number of hydrogen-bond donors (Lipinski definition) is 6. The fraction of sp³-hybridized carbons (Fsp3) is 0.226. The molecule has 0 aliphatic carbocycles. The van der Waals surface area contributed by atoms with Gasteiger partial charge in [0.15, 0.2) is 16.3 Å². The highest BCUT2D eigenvalue weighted by Gasteiger charge is 2.13. The molecule has 0 fully saturated rings.